The molecule has 0 bridgehead atoms. The first-order valence-electron chi connectivity index (χ1n) is 9.57. The Morgan fingerprint density at radius 3 is 2.21 bits per heavy atom. The molecule has 8 heteroatoms. The molecule has 0 aliphatic carbocycles. The van der Waals surface area contributed by atoms with E-state index in [0.29, 0.717) is 25.1 Å². The zero-order valence-electron chi connectivity index (χ0n) is 16.8. The number of rotatable bonds is 11. The molecule has 156 valence electrons. The number of aliphatic carboxylic acids is 1. The summed E-state index contributed by atoms with van der Waals surface area (Å²) in [4.78, 5) is 38.5. The average molecular weight is 393 g/mol. The molecule has 0 fully saturated rings. The van der Waals surface area contributed by atoms with E-state index >= 15 is 0 Å². The van der Waals surface area contributed by atoms with Crippen LogP contribution in [0, 0.1) is 5.92 Å². The molecule has 2 amide bonds. The highest BCUT2D eigenvalue weighted by Crippen LogP contribution is 2.19. The van der Waals surface area contributed by atoms with Gasteiger partial charge in [0.1, 0.15) is 12.1 Å². The Labute approximate surface area is 166 Å². The van der Waals surface area contributed by atoms with E-state index in [1.807, 2.05) is 13.8 Å². The van der Waals surface area contributed by atoms with E-state index in [0.717, 1.165) is 0 Å². The second kappa shape index (κ2) is 11.4. The van der Waals surface area contributed by atoms with Gasteiger partial charge in [-0.3, -0.25) is 14.5 Å². The summed E-state index contributed by atoms with van der Waals surface area (Å²) in [5, 5.41) is 11.9. The van der Waals surface area contributed by atoms with Crippen LogP contribution in [0.15, 0.2) is 30.3 Å². The maximum absolute atomic E-state index is 13.0. The highest BCUT2D eigenvalue weighted by molar-refractivity contribution is 6.03. The number of carbonyl (C=O) groups excluding carboxylic acids is 2. The van der Waals surface area contributed by atoms with Crippen LogP contribution >= 0.6 is 0 Å². The number of benzene rings is 1. The fourth-order valence-electron chi connectivity index (χ4n) is 2.74. The van der Waals surface area contributed by atoms with Crippen molar-refractivity contribution < 1.29 is 19.5 Å². The molecule has 6 N–H and O–H groups in total. The Hall–Kier alpha value is -2.45. The fourth-order valence-corrected chi connectivity index (χ4v) is 2.74. The van der Waals surface area contributed by atoms with Gasteiger partial charge in [0.05, 0.1) is 6.04 Å². The number of nitrogens with two attached hydrogens (primary N) is 2. The predicted octanol–water partition coefficient (Wildman–Crippen LogP) is 1.09. The Kier molecular flexibility index (Phi) is 9.61. The third-order valence-electron chi connectivity index (χ3n) is 4.60. The van der Waals surface area contributed by atoms with Crippen molar-refractivity contribution in [2.24, 2.45) is 17.4 Å². The fraction of sp³-hybridized carbons (Fsp3) is 0.550. The lowest BCUT2D eigenvalue weighted by Crippen LogP contribution is -2.56. The smallest absolute Gasteiger partial charge is 0.326 e. The maximum atomic E-state index is 13.0. The molecule has 3 atom stereocenters. The lowest BCUT2D eigenvalue weighted by molar-refractivity contribution is -0.142. The Morgan fingerprint density at radius 2 is 1.71 bits per heavy atom. The molecular formula is C20H32N4O4. The molecule has 0 aromatic heterocycles. The van der Waals surface area contributed by atoms with Gasteiger partial charge < -0.3 is 21.9 Å². The number of para-hydroxylation sites is 1. The number of carboxylic acid groups (broad SMARTS) is 1. The highest BCUT2D eigenvalue weighted by Gasteiger charge is 2.33. The lowest BCUT2D eigenvalue weighted by Gasteiger charge is -2.32. The maximum Gasteiger partial charge on any atom is 0.326 e. The first kappa shape index (κ1) is 23.6. The van der Waals surface area contributed by atoms with Crippen molar-refractivity contribution in [3.8, 4) is 0 Å². The molecule has 8 nitrogen and oxygen atoms in total. The van der Waals surface area contributed by atoms with Crippen LogP contribution in [0.1, 0.15) is 40.0 Å². The molecule has 1 aromatic rings. The Morgan fingerprint density at radius 1 is 1.11 bits per heavy atom. The summed E-state index contributed by atoms with van der Waals surface area (Å²) in [6.07, 6.45) is 1.53. The normalized spacial score (nSPS) is 14.2. The summed E-state index contributed by atoms with van der Waals surface area (Å²) in [5.41, 5.74) is 12.0. The third-order valence-corrected chi connectivity index (χ3v) is 4.60. The number of nitrogens with zero attached hydrogens (tertiary/aromatic N) is 1. The number of anilines is 1. The van der Waals surface area contributed by atoms with Crippen LogP contribution in [0.3, 0.4) is 0 Å². The summed E-state index contributed by atoms with van der Waals surface area (Å²) in [6.45, 7) is 5.68. The molecular weight excluding hydrogens is 360 g/mol. The van der Waals surface area contributed by atoms with E-state index < -0.39 is 30.0 Å². The van der Waals surface area contributed by atoms with Gasteiger partial charge in [-0.25, -0.2) is 4.79 Å². The number of amides is 2. The van der Waals surface area contributed by atoms with Gasteiger partial charge >= 0.3 is 5.97 Å². The van der Waals surface area contributed by atoms with Crippen molar-refractivity contribution in [1.29, 1.82) is 0 Å². The number of hydrogen-bond donors (Lipinski definition) is 4. The van der Waals surface area contributed by atoms with Crippen LogP contribution in [-0.4, -0.2) is 47.6 Å². The van der Waals surface area contributed by atoms with E-state index in [-0.39, 0.29) is 18.2 Å². The minimum Gasteiger partial charge on any atom is -0.480 e. The van der Waals surface area contributed by atoms with Crippen LogP contribution in [0.5, 0.6) is 0 Å². The van der Waals surface area contributed by atoms with E-state index in [1.165, 1.54) is 4.90 Å². The Balaban J connectivity index is 3.04. The molecule has 0 saturated heterocycles. The topological polar surface area (TPSA) is 139 Å². The molecule has 0 radical (unpaired) electrons. The minimum atomic E-state index is -1.12. The third kappa shape index (κ3) is 6.61. The van der Waals surface area contributed by atoms with Gasteiger partial charge in [-0.2, -0.15) is 0 Å². The van der Waals surface area contributed by atoms with Gasteiger partial charge in [0.15, 0.2) is 0 Å². The number of carboxylic acids is 1. The van der Waals surface area contributed by atoms with Crippen LogP contribution in [0.25, 0.3) is 0 Å². The molecule has 0 aliphatic heterocycles. The van der Waals surface area contributed by atoms with Crippen molar-refractivity contribution in [1.82, 2.24) is 5.32 Å². The highest BCUT2D eigenvalue weighted by atomic mass is 16.4. The van der Waals surface area contributed by atoms with Gasteiger partial charge in [-0.1, -0.05) is 32.0 Å². The molecule has 0 heterocycles. The summed E-state index contributed by atoms with van der Waals surface area (Å²) < 4.78 is 0. The number of carbonyl (C=O) groups is 3. The average Bonchev–Trinajstić information content (AvgIpc) is 2.67. The second-order valence-electron chi connectivity index (χ2n) is 7.17. The van der Waals surface area contributed by atoms with Crippen molar-refractivity contribution in [3.05, 3.63) is 30.3 Å². The lowest BCUT2D eigenvalue weighted by atomic mass is 10.0. The van der Waals surface area contributed by atoms with Gasteiger partial charge in [-0.15, -0.1) is 0 Å². The van der Waals surface area contributed by atoms with Crippen molar-refractivity contribution in [3.63, 3.8) is 0 Å². The van der Waals surface area contributed by atoms with E-state index in [9.17, 15) is 19.5 Å². The molecule has 3 unspecified atom stereocenters. The van der Waals surface area contributed by atoms with Gasteiger partial charge in [0.25, 0.3) is 0 Å². The predicted molar refractivity (Wildman–Crippen MR) is 109 cm³/mol. The summed E-state index contributed by atoms with van der Waals surface area (Å²) in [7, 11) is 0. The number of unbranched alkanes of at least 4 members (excludes halogenated alkanes) is 1. The van der Waals surface area contributed by atoms with Crippen LogP contribution < -0.4 is 21.7 Å². The quantitative estimate of drug-likeness (QED) is 0.416. The van der Waals surface area contributed by atoms with Crippen LogP contribution in [-0.2, 0) is 14.4 Å². The number of hydrogen-bond acceptors (Lipinski definition) is 5. The van der Waals surface area contributed by atoms with E-state index in [4.69, 9.17) is 11.5 Å². The first-order valence-corrected chi connectivity index (χ1v) is 9.57. The van der Waals surface area contributed by atoms with E-state index in [2.05, 4.69) is 5.32 Å². The summed E-state index contributed by atoms with van der Waals surface area (Å²) in [6, 6.07) is 6.01. The Bertz CT molecular complexity index is 651. The van der Waals surface area contributed by atoms with E-state index in [1.54, 1.807) is 37.3 Å². The van der Waals surface area contributed by atoms with Crippen molar-refractivity contribution in [2.45, 2.75) is 58.2 Å². The zero-order chi connectivity index (χ0) is 21.3. The first-order chi connectivity index (χ1) is 13.2. The van der Waals surface area contributed by atoms with Crippen molar-refractivity contribution >= 4 is 23.5 Å². The van der Waals surface area contributed by atoms with Gasteiger partial charge in [0.2, 0.25) is 11.8 Å². The largest absolute Gasteiger partial charge is 0.480 e. The molecule has 0 saturated carbocycles. The summed E-state index contributed by atoms with van der Waals surface area (Å²) in [5.74, 6) is -2.17. The second-order valence-corrected chi connectivity index (χ2v) is 7.17. The molecule has 28 heavy (non-hydrogen) atoms. The molecule has 0 spiro atoms. The number of nitrogens with one attached hydrogen (secondary N) is 1. The monoisotopic (exact) mass is 392 g/mol. The van der Waals surface area contributed by atoms with Crippen LogP contribution in [0.2, 0.25) is 0 Å². The zero-order valence-corrected chi connectivity index (χ0v) is 16.8. The standard InChI is InChI=1S/C20H32N4O4/c1-13(2)17(22)19(26)24(15-9-5-4-6-10-15)14(3)18(25)23-16(20(27)28)11-7-8-12-21/h4-6,9-10,13-14,16-17H,7-8,11-12,21-22H2,1-3H3,(H,23,25)(H,27,28). The van der Waals surface area contributed by atoms with Crippen molar-refractivity contribution in [2.75, 3.05) is 11.4 Å². The minimum absolute atomic E-state index is 0.114. The molecule has 1 rings (SSSR count). The molecule has 0 aliphatic rings. The van der Waals surface area contributed by atoms with Gasteiger partial charge in [-0.05, 0) is 50.8 Å². The molecule has 1 aromatic carbocycles. The summed E-state index contributed by atoms with van der Waals surface area (Å²) >= 11 is 0. The van der Waals surface area contributed by atoms with Crippen LogP contribution in [0.4, 0.5) is 5.69 Å². The SMILES string of the molecule is CC(C)C(N)C(=O)N(c1ccccc1)C(C)C(=O)NC(CCCCN)C(=O)O. The van der Waals surface area contributed by atoms with Gasteiger partial charge in [0, 0.05) is 5.69 Å².